The van der Waals surface area contributed by atoms with Gasteiger partial charge in [0.05, 0.1) is 0 Å². The van der Waals surface area contributed by atoms with Crippen molar-refractivity contribution in [2.24, 2.45) is 5.41 Å². The number of carbonyl (C=O) groups is 1. The number of anilines is 1. The number of aryl methyl sites for hydroxylation is 1. The highest BCUT2D eigenvalue weighted by Gasteiger charge is 2.31. The molecule has 1 aliphatic heterocycles. The van der Waals surface area contributed by atoms with Crippen molar-refractivity contribution in [3.05, 3.63) is 41.6 Å². The Morgan fingerprint density at radius 3 is 2.14 bits per heavy atom. The summed E-state index contributed by atoms with van der Waals surface area (Å²) in [6.07, 6.45) is 0. The highest BCUT2D eigenvalue weighted by Crippen LogP contribution is 2.31. The van der Waals surface area contributed by atoms with Gasteiger partial charge in [-0.15, -0.1) is 0 Å². The van der Waals surface area contributed by atoms with Crippen molar-refractivity contribution >= 4 is 11.7 Å². The number of rotatable bonds is 3. The Morgan fingerprint density at radius 2 is 1.61 bits per heavy atom. The van der Waals surface area contributed by atoms with E-state index < -0.39 is 0 Å². The Morgan fingerprint density at radius 1 is 1.00 bits per heavy atom. The minimum absolute atomic E-state index is 0.222. The molecule has 2 aromatic rings. The molecule has 3 rings (SSSR count). The highest BCUT2D eigenvalue weighted by molar-refractivity contribution is 5.81. The highest BCUT2D eigenvalue weighted by atomic mass is 16.2. The number of amides is 1. The fourth-order valence-corrected chi connectivity index (χ4v) is 3.80. The van der Waals surface area contributed by atoms with E-state index in [1.165, 1.54) is 5.56 Å². The summed E-state index contributed by atoms with van der Waals surface area (Å²) in [6, 6.07) is 10.1. The van der Waals surface area contributed by atoms with Crippen molar-refractivity contribution in [1.82, 2.24) is 14.9 Å². The van der Waals surface area contributed by atoms with Crippen molar-refractivity contribution in [1.29, 1.82) is 0 Å². The van der Waals surface area contributed by atoms with Crippen molar-refractivity contribution < 1.29 is 4.79 Å². The van der Waals surface area contributed by atoms with Crippen LogP contribution in [0.15, 0.2) is 30.3 Å². The lowest BCUT2D eigenvalue weighted by Crippen LogP contribution is -2.52. The lowest BCUT2D eigenvalue weighted by atomic mass is 9.94. The van der Waals surface area contributed by atoms with Gasteiger partial charge in [-0.3, -0.25) is 4.79 Å². The third kappa shape index (κ3) is 4.18. The molecule has 1 amide bonds. The van der Waals surface area contributed by atoms with Crippen LogP contribution in [0.1, 0.15) is 51.8 Å². The van der Waals surface area contributed by atoms with Crippen LogP contribution in [0.25, 0.3) is 11.4 Å². The zero-order chi connectivity index (χ0) is 20.5. The maximum atomic E-state index is 12.6. The molecule has 2 heterocycles. The molecular weight excluding hydrogens is 348 g/mol. The zero-order valence-electron chi connectivity index (χ0n) is 18.0. The molecule has 0 radical (unpaired) electrons. The molecule has 0 atom stereocenters. The van der Waals surface area contributed by atoms with Gasteiger partial charge in [0, 0.05) is 48.4 Å². The summed E-state index contributed by atoms with van der Waals surface area (Å²) in [4.78, 5) is 26.7. The summed E-state index contributed by atoms with van der Waals surface area (Å²) >= 11 is 0. The Kier molecular flexibility index (Phi) is 5.73. The van der Waals surface area contributed by atoms with E-state index >= 15 is 0 Å². The van der Waals surface area contributed by atoms with Crippen LogP contribution in [0.2, 0.25) is 0 Å². The number of benzene rings is 1. The van der Waals surface area contributed by atoms with Gasteiger partial charge in [0.2, 0.25) is 5.91 Å². The number of hydrogen-bond donors (Lipinski definition) is 0. The second-order valence-corrected chi connectivity index (χ2v) is 8.92. The molecule has 0 bridgehead atoms. The van der Waals surface area contributed by atoms with E-state index in [1.54, 1.807) is 0 Å². The van der Waals surface area contributed by atoms with Crippen molar-refractivity contribution in [2.45, 2.75) is 47.5 Å². The van der Waals surface area contributed by atoms with Crippen LogP contribution in [-0.4, -0.2) is 47.0 Å². The predicted molar refractivity (Wildman–Crippen MR) is 115 cm³/mol. The van der Waals surface area contributed by atoms with E-state index in [1.807, 2.05) is 56.0 Å². The van der Waals surface area contributed by atoms with Crippen LogP contribution in [0.4, 0.5) is 5.82 Å². The van der Waals surface area contributed by atoms with Gasteiger partial charge >= 0.3 is 0 Å². The Labute approximate surface area is 168 Å². The van der Waals surface area contributed by atoms with E-state index in [4.69, 9.17) is 9.97 Å². The number of carbonyl (C=O) groups excluding carboxylic acids is 1. The van der Waals surface area contributed by atoms with Crippen molar-refractivity contribution in [3.63, 3.8) is 0 Å². The molecule has 0 spiro atoms. The first-order chi connectivity index (χ1) is 13.2. The topological polar surface area (TPSA) is 49.3 Å². The smallest absolute Gasteiger partial charge is 0.228 e. The van der Waals surface area contributed by atoms with E-state index in [0.717, 1.165) is 49.1 Å². The first-order valence-electron chi connectivity index (χ1n) is 10.2. The van der Waals surface area contributed by atoms with Crippen LogP contribution in [-0.2, 0) is 4.79 Å². The number of nitrogens with zero attached hydrogens (tertiary/aromatic N) is 4. The van der Waals surface area contributed by atoms with Gasteiger partial charge in [-0.05, 0) is 12.8 Å². The van der Waals surface area contributed by atoms with Gasteiger partial charge in [0.25, 0.3) is 0 Å². The minimum Gasteiger partial charge on any atom is -0.353 e. The summed E-state index contributed by atoms with van der Waals surface area (Å²) in [5.41, 5.74) is 2.93. The third-order valence-corrected chi connectivity index (χ3v) is 5.23. The first-order valence-corrected chi connectivity index (χ1v) is 10.2. The molecule has 1 fully saturated rings. The average molecular weight is 381 g/mol. The van der Waals surface area contributed by atoms with Crippen LogP contribution >= 0.6 is 0 Å². The maximum absolute atomic E-state index is 12.6. The largest absolute Gasteiger partial charge is 0.353 e. The fourth-order valence-electron chi connectivity index (χ4n) is 3.80. The van der Waals surface area contributed by atoms with E-state index in [-0.39, 0.29) is 11.3 Å². The molecule has 0 unspecified atom stereocenters. The molecule has 1 aliphatic rings. The average Bonchev–Trinajstić information content (AvgIpc) is 2.66. The lowest BCUT2D eigenvalue weighted by molar-refractivity contribution is -0.139. The Bertz CT molecular complexity index is 832. The molecule has 28 heavy (non-hydrogen) atoms. The van der Waals surface area contributed by atoms with Gasteiger partial charge in [-0.1, -0.05) is 65.0 Å². The monoisotopic (exact) mass is 380 g/mol. The predicted octanol–water partition coefficient (Wildman–Crippen LogP) is 4.27. The van der Waals surface area contributed by atoms with Crippen molar-refractivity contribution in [3.8, 4) is 11.4 Å². The third-order valence-electron chi connectivity index (χ3n) is 5.23. The molecule has 0 N–H and O–H groups in total. The molecular formula is C23H32N4O. The fraction of sp³-hybridized carbons (Fsp3) is 0.522. The van der Waals surface area contributed by atoms with E-state index in [9.17, 15) is 4.79 Å². The summed E-state index contributed by atoms with van der Waals surface area (Å²) in [5.74, 6) is 2.35. The molecule has 1 aromatic carbocycles. The Balaban J connectivity index is 1.91. The standard InChI is InChI=1S/C23H32N4O/c1-16(2)19-17(3)24-20(18-10-8-7-9-11-18)25-21(19)26-12-14-27(15-13-26)22(28)23(4,5)6/h7-11,16H,12-15H2,1-6H3. The zero-order valence-corrected chi connectivity index (χ0v) is 18.0. The Hall–Kier alpha value is -2.43. The molecule has 5 heteroatoms. The normalized spacial score (nSPS) is 15.2. The number of aromatic nitrogens is 2. The first kappa shape index (κ1) is 20.3. The van der Waals surface area contributed by atoms with E-state index in [2.05, 4.69) is 25.7 Å². The van der Waals surface area contributed by atoms with Crippen LogP contribution in [0.3, 0.4) is 0 Å². The molecule has 150 valence electrons. The van der Waals surface area contributed by atoms with Gasteiger partial charge in [0.15, 0.2) is 5.82 Å². The summed E-state index contributed by atoms with van der Waals surface area (Å²) in [6.45, 7) is 15.5. The molecule has 0 saturated carbocycles. The second-order valence-electron chi connectivity index (χ2n) is 8.92. The van der Waals surface area contributed by atoms with Crippen molar-refractivity contribution in [2.75, 3.05) is 31.1 Å². The molecule has 1 saturated heterocycles. The van der Waals surface area contributed by atoms with Gasteiger partial charge in [0.1, 0.15) is 5.82 Å². The summed E-state index contributed by atoms with van der Waals surface area (Å²) in [7, 11) is 0. The van der Waals surface area contributed by atoms with Gasteiger partial charge in [-0.25, -0.2) is 9.97 Å². The second kappa shape index (κ2) is 7.90. The molecule has 1 aromatic heterocycles. The number of hydrogen-bond acceptors (Lipinski definition) is 4. The van der Waals surface area contributed by atoms with E-state index in [0.29, 0.717) is 5.92 Å². The van der Waals surface area contributed by atoms with Crippen LogP contribution < -0.4 is 4.90 Å². The minimum atomic E-state index is -0.336. The SMILES string of the molecule is Cc1nc(-c2ccccc2)nc(N2CCN(C(=O)C(C)(C)C)CC2)c1C(C)C. The van der Waals surface area contributed by atoms with Crippen LogP contribution in [0.5, 0.6) is 0 Å². The van der Waals surface area contributed by atoms with Gasteiger partial charge < -0.3 is 9.80 Å². The van der Waals surface area contributed by atoms with Gasteiger partial charge in [-0.2, -0.15) is 0 Å². The maximum Gasteiger partial charge on any atom is 0.228 e. The lowest BCUT2D eigenvalue weighted by Gasteiger charge is -2.39. The number of piperazine rings is 1. The summed E-state index contributed by atoms with van der Waals surface area (Å²) < 4.78 is 0. The molecule has 0 aliphatic carbocycles. The summed E-state index contributed by atoms with van der Waals surface area (Å²) in [5, 5.41) is 0. The van der Waals surface area contributed by atoms with Crippen LogP contribution in [0, 0.1) is 12.3 Å². The quantitative estimate of drug-likeness (QED) is 0.798. The molecule has 5 nitrogen and oxygen atoms in total.